The van der Waals surface area contributed by atoms with Crippen LogP contribution in [0, 0.1) is 49.4 Å². The van der Waals surface area contributed by atoms with E-state index in [0.29, 0.717) is 0 Å². The van der Waals surface area contributed by atoms with E-state index in [0.717, 1.165) is 25.7 Å². The molecule has 0 heterocycles. The summed E-state index contributed by atoms with van der Waals surface area (Å²) in [6, 6.07) is 53.0. The molecular weight excluding hydrogens is 937 g/mol. The van der Waals surface area contributed by atoms with Gasteiger partial charge < -0.3 is 0 Å². The van der Waals surface area contributed by atoms with E-state index in [9.17, 15) is 0 Å². The van der Waals surface area contributed by atoms with E-state index < -0.39 is 0 Å². The first-order valence-corrected chi connectivity index (χ1v) is 29.6. The minimum atomic E-state index is 0.0606. The molecule has 7 aromatic carbocycles. The van der Waals surface area contributed by atoms with E-state index in [1.807, 2.05) is 0 Å². The lowest BCUT2D eigenvalue weighted by molar-refractivity contribution is 0.283. The molecule has 0 aliphatic rings. The van der Waals surface area contributed by atoms with Crippen LogP contribution in [0.2, 0.25) is 0 Å². The fraction of sp³-hybridized carbons (Fsp3) is 0.462. The molecule has 0 aliphatic heterocycles. The third-order valence-corrected chi connectivity index (χ3v) is 16.8. The molecule has 7 aromatic rings. The van der Waals surface area contributed by atoms with Crippen LogP contribution in [0.1, 0.15) is 209 Å². The van der Waals surface area contributed by atoms with E-state index in [1.165, 1.54) is 111 Å². The third kappa shape index (κ3) is 14.3. The lowest BCUT2D eigenvalue weighted by atomic mass is 9.72. The van der Waals surface area contributed by atoms with Crippen molar-refractivity contribution in [2.75, 3.05) is 0 Å². The van der Waals surface area contributed by atoms with Gasteiger partial charge in [0.25, 0.3) is 0 Å². The summed E-state index contributed by atoms with van der Waals surface area (Å²) < 4.78 is 0. The van der Waals surface area contributed by atoms with Crippen molar-refractivity contribution in [3.05, 3.63) is 178 Å². The van der Waals surface area contributed by atoms with Crippen molar-refractivity contribution in [2.45, 2.75) is 214 Å². The van der Waals surface area contributed by atoms with Gasteiger partial charge >= 0.3 is 0 Å². The minimum Gasteiger partial charge on any atom is -0.0601 e. The second-order valence-corrected chi connectivity index (χ2v) is 31.7. The smallest absolute Gasteiger partial charge is 0.00986 e. The van der Waals surface area contributed by atoms with E-state index in [1.54, 1.807) is 0 Å². The fourth-order valence-corrected chi connectivity index (χ4v) is 14.5. The quantitative estimate of drug-likeness (QED) is 0.102. The second kappa shape index (κ2) is 21.5. The minimum absolute atomic E-state index is 0.0606. The number of hydrogen-bond acceptors (Lipinski definition) is 0. The van der Waals surface area contributed by atoms with Crippen LogP contribution in [0.15, 0.2) is 133 Å². The molecule has 7 rings (SSSR count). The van der Waals surface area contributed by atoms with Crippen molar-refractivity contribution < 1.29 is 0 Å². The summed E-state index contributed by atoms with van der Waals surface area (Å²) >= 11 is 0. The molecule has 0 atom stereocenters. The molecule has 0 saturated carbocycles. The zero-order valence-corrected chi connectivity index (χ0v) is 53.5. The number of aryl methyl sites for hydroxylation is 1. The molecule has 0 aromatic heterocycles. The Labute approximate surface area is 477 Å². The van der Waals surface area contributed by atoms with Crippen molar-refractivity contribution in [2.24, 2.45) is 21.7 Å². The molecule has 0 amide bonds. The second-order valence-electron chi connectivity index (χ2n) is 31.7. The maximum absolute atomic E-state index is 2.48. The Kier molecular flexibility index (Phi) is 16.6. The predicted octanol–water partition coefficient (Wildman–Crippen LogP) is 23.8. The molecule has 0 fully saturated rings. The van der Waals surface area contributed by atoms with Gasteiger partial charge in [0, 0.05) is 0 Å². The monoisotopic (exact) mass is 1040 g/mol. The van der Waals surface area contributed by atoms with Gasteiger partial charge in [0.05, 0.1) is 0 Å². The number of hydrogen-bond donors (Lipinski definition) is 0. The van der Waals surface area contributed by atoms with Gasteiger partial charge in [-0.25, -0.2) is 0 Å². The van der Waals surface area contributed by atoms with Crippen LogP contribution in [0.5, 0.6) is 0 Å². The van der Waals surface area contributed by atoms with Gasteiger partial charge in [-0.1, -0.05) is 248 Å². The number of rotatable bonds is 14. The van der Waals surface area contributed by atoms with Crippen LogP contribution in [0.25, 0.3) is 66.8 Å². The molecular formula is C78H102. The first kappa shape index (κ1) is 60.2. The molecule has 0 N–H and O–H groups in total. The Balaban J connectivity index is 1.43. The molecule has 0 nitrogen and oxygen atoms in total. The standard InChI is InChI=1S/C78H102/c1-51-41-65(59-43-67(55-25-33-61(34-26-55)75(17,18)47-71(5,6)7)53(3)68(44-59)56-27-35-62(36-28-56)76(19,20)48-72(8,9)10)52(2)66(42-51)60-45-69(57-29-37-63(38-30-57)77(21,22)49-73(11,12)13)54(4)70(46-60)58-31-39-64(40-32-58)78(23,24)50-74(14,15)16/h25-46H,47-50H2,1-24H3. The summed E-state index contributed by atoms with van der Waals surface area (Å²) in [6.45, 7) is 56.8. The molecule has 0 saturated heterocycles. The first-order chi connectivity index (χ1) is 35.7. The SMILES string of the molecule is Cc1cc(-c2cc(-c3ccc(C(C)(C)CC(C)(C)C)cc3)c(C)c(-c3ccc(C(C)(C)CC(C)(C)C)cc3)c2)c(C)c(-c2cc(-c3ccc(C(C)(C)CC(C)(C)C)cc3)c(C)c(-c3ccc(C(C)(C)CC(C)(C)C)cc3)c2)c1. The Morgan fingerprint density at radius 2 is 0.385 bits per heavy atom. The van der Waals surface area contributed by atoms with Crippen molar-refractivity contribution in [3.63, 3.8) is 0 Å². The summed E-state index contributed by atoms with van der Waals surface area (Å²) in [6.07, 6.45) is 4.46. The van der Waals surface area contributed by atoms with Crippen LogP contribution in [-0.2, 0) is 21.7 Å². The van der Waals surface area contributed by atoms with Crippen LogP contribution < -0.4 is 0 Å². The average molecular weight is 1040 g/mol. The maximum Gasteiger partial charge on any atom is -0.00986 e. The first-order valence-electron chi connectivity index (χ1n) is 29.6. The van der Waals surface area contributed by atoms with E-state index in [4.69, 9.17) is 0 Å². The lowest BCUT2D eigenvalue weighted by Gasteiger charge is -2.33. The predicted molar refractivity (Wildman–Crippen MR) is 346 cm³/mol. The highest BCUT2D eigenvalue weighted by molar-refractivity contribution is 5.91. The van der Waals surface area contributed by atoms with Gasteiger partial charge in [-0.2, -0.15) is 0 Å². The van der Waals surface area contributed by atoms with E-state index in [2.05, 4.69) is 300 Å². The fourth-order valence-electron chi connectivity index (χ4n) is 14.5. The Hall–Kier alpha value is -5.46. The molecule has 0 aliphatic carbocycles. The highest BCUT2D eigenvalue weighted by atomic mass is 14.4. The Bertz CT molecular complexity index is 2820. The normalized spacial score (nSPS) is 13.3. The summed E-state index contributed by atoms with van der Waals surface area (Å²) in [5.74, 6) is 0. The van der Waals surface area contributed by atoms with Gasteiger partial charge in [-0.05, 0) is 232 Å². The highest BCUT2D eigenvalue weighted by Crippen LogP contribution is 2.46. The summed E-state index contributed by atoms with van der Waals surface area (Å²) in [4.78, 5) is 0. The lowest BCUT2D eigenvalue weighted by Crippen LogP contribution is -2.24. The van der Waals surface area contributed by atoms with Crippen molar-refractivity contribution in [1.82, 2.24) is 0 Å². The van der Waals surface area contributed by atoms with Gasteiger partial charge in [0.2, 0.25) is 0 Å². The molecule has 0 bridgehead atoms. The molecule has 78 heavy (non-hydrogen) atoms. The van der Waals surface area contributed by atoms with Crippen molar-refractivity contribution >= 4 is 0 Å². The van der Waals surface area contributed by atoms with Gasteiger partial charge in [-0.15, -0.1) is 0 Å². The summed E-state index contributed by atoms with van der Waals surface area (Å²) in [5.41, 5.74) is 27.1. The highest BCUT2D eigenvalue weighted by Gasteiger charge is 2.31. The topological polar surface area (TPSA) is 0 Å². The van der Waals surface area contributed by atoms with E-state index in [-0.39, 0.29) is 43.3 Å². The van der Waals surface area contributed by atoms with Gasteiger partial charge in [-0.3, -0.25) is 0 Å². The zero-order valence-electron chi connectivity index (χ0n) is 53.5. The van der Waals surface area contributed by atoms with Gasteiger partial charge in [0.1, 0.15) is 0 Å². The zero-order chi connectivity index (χ0) is 57.9. The molecule has 0 radical (unpaired) electrons. The molecule has 414 valence electrons. The Morgan fingerprint density at radius 1 is 0.218 bits per heavy atom. The van der Waals surface area contributed by atoms with Gasteiger partial charge in [0.15, 0.2) is 0 Å². The van der Waals surface area contributed by atoms with Crippen molar-refractivity contribution in [3.8, 4) is 66.8 Å². The van der Waals surface area contributed by atoms with Crippen molar-refractivity contribution in [1.29, 1.82) is 0 Å². The van der Waals surface area contributed by atoms with Crippen LogP contribution in [0.4, 0.5) is 0 Å². The third-order valence-electron chi connectivity index (χ3n) is 16.8. The maximum atomic E-state index is 2.48. The van der Waals surface area contributed by atoms with Crippen LogP contribution >= 0.6 is 0 Å². The largest absolute Gasteiger partial charge is 0.0601 e. The average Bonchev–Trinajstić information content (AvgIpc) is 3.29. The molecule has 0 unspecified atom stereocenters. The van der Waals surface area contributed by atoms with Crippen LogP contribution in [-0.4, -0.2) is 0 Å². The summed E-state index contributed by atoms with van der Waals surface area (Å²) in [5, 5.41) is 0. The summed E-state index contributed by atoms with van der Waals surface area (Å²) in [7, 11) is 0. The van der Waals surface area contributed by atoms with Crippen LogP contribution in [0.3, 0.4) is 0 Å². The molecule has 0 heteroatoms. The number of benzene rings is 7. The molecule has 0 spiro atoms. The Morgan fingerprint density at radius 3 is 0.551 bits per heavy atom. The van der Waals surface area contributed by atoms with E-state index >= 15 is 0 Å².